The lowest BCUT2D eigenvalue weighted by Crippen LogP contribution is -2.32. The molecule has 6 nitrogen and oxygen atoms in total. The Bertz CT molecular complexity index is 560. The fraction of sp³-hybridized carbons (Fsp3) is 0.333. The van der Waals surface area contributed by atoms with Crippen molar-refractivity contribution in [2.24, 2.45) is 5.14 Å². The molecule has 17 heavy (non-hydrogen) atoms. The number of pyridine rings is 1. The zero-order valence-corrected chi connectivity index (χ0v) is 9.52. The topological polar surface area (TPSA) is 93.4 Å². The number of hydrogen-bond donors (Lipinski definition) is 1. The number of halogens is 1. The fourth-order valence-electron chi connectivity index (χ4n) is 1.69. The van der Waals surface area contributed by atoms with Crippen molar-refractivity contribution < 1.29 is 17.6 Å². The van der Waals surface area contributed by atoms with Crippen molar-refractivity contribution in [1.29, 1.82) is 0 Å². The summed E-state index contributed by atoms with van der Waals surface area (Å²) in [5, 5.41) is 4.03. The van der Waals surface area contributed by atoms with E-state index in [2.05, 4.69) is 4.98 Å². The Morgan fingerprint density at radius 1 is 1.47 bits per heavy atom. The van der Waals surface area contributed by atoms with Gasteiger partial charge in [0.05, 0.1) is 18.1 Å². The number of sulfonamides is 1. The first-order valence-electron chi connectivity index (χ1n) is 4.80. The molecule has 1 amide bonds. The first-order valence-corrected chi connectivity index (χ1v) is 6.41. The number of nitrogens with two attached hydrogens (primary N) is 1. The van der Waals surface area contributed by atoms with Crippen LogP contribution in [-0.2, 0) is 14.8 Å². The molecule has 2 heterocycles. The smallest absolute Gasteiger partial charge is 0.228 e. The standard InChI is InChI=1S/C9H10FN3O3S/c10-6-1-7(4-12-3-6)13-5-8(2-9(13)14)17(11,15)16/h1,3-4,8H,2,5H2,(H2,11,15,16). The van der Waals surface area contributed by atoms with Gasteiger partial charge in [0.1, 0.15) is 11.1 Å². The highest BCUT2D eigenvalue weighted by atomic mass is 32.2. The Labute approximate surface area is 97.3 Å². The van der Waals surface area contributed by atoms with Crippen molar-refractivity contribution in [3.8, 4) is 0 Å². The molecule has 2 N–H and O–H groups in total. The van der Waals surface area contributed by atoms with E-state index in [1.165, 1.54) is 11.1 Å². The predicted molar refractivity (Wildman–Crippen MR) is 58.1 cm³/mol. The fourth-order valence-corrected chi connectivity index (χ4v) is 2.42. The van der Waals surface area contributed by atoms with Gasteiger partial charge in [-0.25, -0.2) is 17.9 Å². The maximum absolute atomic E-state index is 12.9. The third-order valence-corrected chi connectivity index (χ3v) is 3.80. The summed E-state index contributed by atoms with van der Waals surface area (Å²) < 4.78 is 35.2. The van der Waals surface area contributed by atoms with E-state index in [-0.39, 0.29) is 18.7 Å². The normalized spacial score (nSPS) is 20.9. The number of carbonyl (C=O) groups is 1. The molecule has 1 aromatic heterocycles. The molecule has 1 saturated heterocycles. The van der Waals surface area contributed by atoms with Gasteiger partial charge in [-0.1, -0.05) is 0 Å². The van der Waals surface area contributed by atoms with Gasteiger partial charge in [0, 0.05) is 19.0 Å². The zero-order chi connectivity index (χ0) is 12.6. The van der Waals surface area contributed by atoms with Crippen molar-refractivity contribution >= 4 is 21.6 Å². The van der Waals surface area contributed by atoms with Gasteiger partial charge < -0.3 is 4.90 Å². The molecule has 1 fully saturated rings. The quantitative estimate of drug-likeness (QED) is 0.783. The lowest BCUT2D eigenvalue weighted by molar-refractivity contribution is -0.117. The number of amides is 1. The Morgan fingerprint density at radius 3 is 2.71 bits per heavy atom. The molecule has 0 bridgehead atoms. The summed E-state index contributed by atoms with van der Waals surface area (Å²) in [5.41, 5.74) is 0.237. The van der Waals surface area contributed by atoms with E-state index in [4.69, 9.17) is 5.14 Å². The van der Waals surface area contributed by atoms with Crippen molar-refractivity contribution in [3.63, 3.8) is 0 Å². The molecular formula is C9H10FN3O3S. The minimum Gasteiger partial charge on any atom is -0.309 e. The molecule has 0 aromatic carbocycles. The lowest BCUT2D eigenvalue weighted by atomic mass is 10.4. The average Bonchev–Trinajstić information content (AvgIpc) is 2.60. The number of hydrogen-bond acceptors (Lipinski definition) is 4. The van der Waals surface area contributed by atoms with Gasteiger partial charge in [-0.3, -0.25) is 9.78 Å². The molecule has 1 aliphatic rings. The summed E-state index contributed by atoms with van der Waals surface area (Å²) >= 11 is 0. The summed E-state index contributed by atoms with van der Waals surface area (Å²) in [4.78, 5) is 16.4. The van der Waals surface area contributed by atoms with Gasteiger partial charge in [0.2, 0.25) is 15.9 Å². The Hall–Kier alpha value is -1.54. The molecule has 0 radical (unpaired) electrons. The highest BCUT2D eigenvalue weighted by Gasteiger charge is 2.37. The molecule has 92 valence electrons. The van der Waals surface area contributed by atoms with Crippen LogP contribution in [0.1, 0.15) is 6.42 Å². The first kappa shape index (κ1) is 11.9. The predicted octanol–water partition coefficient (Wildman–Crippen LogP) is -0.385. The highest BCUT2D eigenvalue weighted by molar-refractivity contribution is 7.89. The van der Waals surface area contributed by atoms with Crippen LogP contribution in [0.25, 0.3) is 0 Å². The second kappa shape index (κ2) is 4.04. The van der Waals surface area contributed by atoms with Crippen LogP contribution < -0.4 is 10.0 Å². The maximum Gasteiger partial charge on any atom is 0.228 e. The molecule has 0 aliphatic carbocycles. The summed E-state index contributed by atoms with van der Waals surface area (Å²) in [6.07, 6.45) is 2.11. The Balaban J connectivity index is 2.28. The van der Waals surface area contributed by atoms with Crippen LogP contribution in [0, 0.1) is 5.82 Å². The molecule has 0 saturated carbocycles. The van der Waals surface area contributed by atoms with E-state index < -0.39 is 27.0 Å². The van der Waals surface area contributed by atoms with Crippen LogP contribution >= 0.6 is 0 Å². The number of anilines is 1. The summed E-state index contributed by atoms with van der Waals surface area (Å²) in [6.45, 7) is -0.0667. The van der Waals surface area contributed by atoms with Crippen LogP contribution in [0.2, 0.25) is 0 Å². The largest absolute Gasteiger partial charge is 0.309 e. The molecule has 2 rings (SSSR count). The minimum atomic E-state index is -3.76. The van der Waals surface area contributed by atoms with Crippen LogP contribution in [-0.4, -0.2) is 31.1 Å². The summed E-state index contributed by atoms with van der Waals surface area (Å²) in [7, 11) is -3.76. The van der Waals surface area contributed by atoms with Crippen molar-refractivity contribution in [1.82, 2.24) is 4.98 Å². The summed E-state index contributed by atoms with van der Waals surface area (Å²) in [6, 6.07) is 1.12. The van der Waals surface area contributed by atoms with E-state index in [0.29, 0.717) is 0 Å². The number of rotatable bonds is 2. The van der Waals surface area contributed by atoms with E-state index >= 15 is 0 Å². The van der Waals surface area contributed by atoms with Crippen molar-refractivity contribution in [3.05, 3.63) is 24.3 Å². The van der Waals surface area contributed by atoms with Gasteiger partial charge in [0.15, 0.2) is 0 Å². The Kier molecular flexibility index (Phi) is 2.84. The maximum atomic E-state index is 12.9. The van der Waals surface area contributed by atoms with E-state index in [0.717, 1.165) is 12.3 Å². The molecule has 0 spiro atoms. The second-order valence-corrected chi connectivity index (χ2v) is 5.63. The number of nitrogens with zero attached hydrogens (tertiary/aromatic N) is 2. The van der Waals surface area contributed by atoms with Gasteiger partial charge in [-0.2, -0.15) is 0 Å². The summed E-state index contributed by atoms with van der Waals surface area (Å²) in [5.74, 6) is -0.995. The SMILES string of the molecule is NS(=O)(=O)C1CC(=O)N(c2cncc(F)c2)C1. The monoisotopic (exact) mass is 259 g/mol. The molecule has 1 atom stereocenters. The number of carbonyl (C=O) groups excluding carboxylic acids is 1. The molecule has 1 aliphatic heterocycles. The third-order valence-electron chi connectivity index (χ3n) is 2.56. The minimum absolute atomic E-state index is 0.0667. The van der Waals surface area contributed by atoms with E-state index in [9.17, 15) is 17.6 Å². The second-order valence-electron chi connectivity index (χ2n) is 3.78. The van der Waals surface area contributed by atoms with Crippen LogP contribution in [0.3, 0.4) is 0 Å². The van der Waals surface area contributed by atoms with Gasteiger partial charge in [-0.15, -0.1) is 0 Å². The van der Waals surface area contributed by atoms with Crippen molar-refractivity contribution in [2.75, 3.05) is 11.4 Å². The van der Waals surface area contributed by atoms with Gasteiger partial charge >= 0.3 is 0 Å². The van der Waals surface area contributed by atoms with E-state index in [1.54, 1.807) is 0 Å². The van der Waals surface area contributed by atoms with Crippen LogP contribution in [0.5, 0.6) is 0 Å². The van der Waals surface area contributed by atoms with Crippen LogP contribution in [0.15, 0.2) is 18.5 Å². The Morgan fingerprint density at radius 2 is 2.18 bits per heavy atom. The molecular weight excluding hydrogens is 249 g/mol. The number of primary sulfonamides is 1. The molecule has 8 heteroatoms. The molecule has 1 aromatic rings. The van der Waals surface area contributed by atoms with Crippen molar-refractivity contribution in [2.45, 2.75) is 11.7 Å². The van der Waals surface area contributed by atoms with Gasteiger partial charge in [-0.05, 0) is 0 Å². The van der Waals surface area contributed by atoms with E-state index in [1.807, 2.05) is 0 Å². The zero-order valence-electron chi connectivity index (χ0n) is 8.71. The first-order chi connectivity index (χ1) is 7.88. The molecule has 1 unspecified atom stereocenters. The van der Waals surface area contributed by atoms with Gasteiger partial charge in [0.25, 0.3) is 0 Å². The highest BCUT2D eigenvalue weighted by Crippen LogP contribution is 2.23. The lowest BCUT2D eigenvalue weighted by Gasteiger charge is -2.15. The van der Waals surface area contributed by atoms with Crippen LogP contribution in [0.4, 0.5) is 10.1 Å². The average molecular weight is 259 g/mol. The third kappa shape index (κ3) is 2.42. The number of aromatic nitrogens is 1.